The molecular weight excluding hydrogens is 280 g/mol. The summed E-state index contributed by atoms with van der Waals surface area (Å²) in [5.41, 5.74) is 4.78. The number of hydrogen-bond acceptors (Lipinski definition) is 4. The molecule has 6 heteroatoms. The van der Waals surface area contributed by atoms with Gasteiger partial charge < -0.3 is 9.80 Å². The Kier molecular flexibility index (Phi) is 4.09. The van der Waals surface area contributed by atoms with E-state index in [0.29, 0.717) is 18.6 Å². The number of hydrogen-bond donors (Lipinski definition) is 1. The third kappa shape index (κ3) is 2.95. The van der Waals surface area contributed by atoms with Gasteiger partial charge in [0.25, 0.3) is 5.91 Å². The van der Waals surface area contributed by atoms with E-state index in [2.05, 4.69) is 27.6 Å². The van der Waals surface area contributed by atoms with Crippen LogP contribution in [0, 0.1) is 0 Å². The van der Waals surface area contributed by atoms with Crippen LogP contribution in [0.15, 0.2) is 29.4 Å². The summed E-state index contributed by atoms with van der Waals surface area (Å²) >= 11 is 0. The number of nitrogens with one attached hydrogen (secondary N) is 1. The summed E-state index contributed by atoms with van der Waals surface area (Å²) in [5.74, 6) is -0.317. The zero-order valence-corrected chi connectivity index (χ0v) is 12.7. The third-order valence-corrected chi connectivity index (χ3v) is 4.16. The lowest BCUT2D eigenvalue weighted by Crippen LogP contribution is -2.38. The number of benzene rings is 1. The average molecular weight is 300 g/mol. The van der Waals surface area contributed by atoms with Gasteiger partial charge in [0.05, 0.1) is 0 Å². The van der Waals surface area contributed by atoms with E-state index in [1.165, 1.54) is 18.5 Å². The van der Waals surface area contributed by atoms with Crippen LogP contribution >= 0.6 is 0 Å². The van der Waals surface area contributed by atoms with Gasteiger partial charge in [0.1, 0.15) is 5.71 Å². The molecule has 116 valence electrons. The van der Waals surface area contributed by atoms with E-state index in [4.69, 9.17) is 0 Å². The number of carbonyl (C=O) groups is 2. The second-order valence-electron chi connectivity index (χ2n) is 5.67. The first-order valence-corrected chi connectivity index (χ1v) is 7.63. The van der Waals surface area contributed by atoms with Crippen LogP contribution in [0.3, 0.4) is 0 Å². The van der Waals surface area contributed by atoms with Crippen LogP contribution in [0.4, 0.5) is 11.4 Å². The predicted molar refractivity (Wildman–Crippen MR) is 86.1 cm³/mol. The summed E-state index contributed by atoms with van der Waals surface area (Å²) in [6.45, 7) is 2.20. The van der Waals surface area contributed by atoms with Crippen molar-refractivity contribution in [3.05, 3.63) is 24.3 Å². The zero-order chi connectivity index (χ0) is 15.5. The SMILES string of the molecule is CN(C(=O)C1=NNC(=O)CC1)c1ccc(N2CCCC2)cc1. The molecule has 0 atom stereocenters. The smallest absolute Gasteiger partial charge is 0.274 e. The fourth-order valence-electron chi connectivity index (χ4n) is 2.80. The first-order chi connectivity index (χ1) is 10.6. The van der Waals surface area contributed by atoms with Crippen LogP contribution in [0.5, 0.6) is 0 Å². The van der Waals surface area contributed by atoms with Gasteiger partial charge in [-0.05, 0) is 37.1 Å². The third-order valence-electron chi connectivity index (χ3n) is 4.16. The molecule has 2 amide bonds. The van der Waals surface area contributed by atoms with E-state index in [1.807, 2.05) is 12.1 Å². The Morgan fingerprint density at radius 2 is 1.86 bits per heavy atom. The Hall–Kier alpha value is -2.37. The van der Waals surface area contributed by atoms with Gasteiger partial charge in [0.2, 0.25) is 5.91 Å². The maximum absolute atomic E-state index is 12.4. The maximum Gasteiger partial charge on any atom is 0.274 e. The summed E-state index contributed by atoms with van der Waals surface area (Å²) in [4.78, 5) is 27.4. The molecule has 1 aromatic rings. The van der Waals surface area contributed by atoms with Crippen molar-refractivity contribution in [2.24, 2.45) is 5.10 Å². The van der Waals surface area contributed by atoms with Crippen LogP contribution in [0.25, 0.3) is 0 Å². The molecule has 22 heavy (non-hydrogen) atoms. The number of hydrazone groups is 1. The molecule has 0 spiro atoms. The van der Waals surface area contributed by atoms with Gasteiger partial charge >= 0.3 is 0 Å². The monoisotopic (exact) mass is 300 g/mol. The molecule has 1 aromatic carbocycles. The molecule has 0 unspecified atom stereocenters. The molecule has 0 radical (unpaired) electrons. The molecule has 2 aliphatic rings. The quantitative estimate of drug-likeness (QED) is 0.920. The molecule has 1 fully saturated rings. The molecule has 1 N–H and O–H groups in total. The maximum atomic E-state index is 12.4. The number of amides is 2. The Morgan fingerprint density at radius 1 is 1.18 bits per heavy atom. The van der Waals surface area contributed by atoms with Crippen LogP contribution in [0.1, 0.15) is 25.7 Å². The second kappa shape index (κ2) is 6.17. The summed E-state index contributed by atoms with van der Waals surface area (Å²) in [7, 11) is 1.73. The molecule has 3 rings (SSSR count). The lowest BCUT2D eigenvalue weighted by Gasteiger charge is -2.22. The first-order valence-electron chi connectivity index (χ1n) is 7.63. The largest absolute Gasteiger partial charge is 0.372 e. The minimum atomic E-state index is -0.172. The fourth-order valence-corrected chi connectivity index (χ4v) is 2.80. The van der Waals surface area contributed by atoms with E-state index >= 15 is 0 Å². The van der Waals surface area contributed by atoms with Crippen LogP contribution < -0.4 is 15.2 Å². The van der Waals surface area contributed by atoms with Crippen molar-refractivity contribution in [1.29, 1.82) is 0 Å². The Bertz CT molecular complexity index is 603. The summed E-state index contributed by atoms with van der Waals surface area (Å²) < 4.78 is 0. The standard InChI is InChI=1S/C16H20N4O2/c1-19(16(22)14-8-9-15(21)18-17-14)12-4-6-13(7-5-12)20-10-2-3-11-20/h4-7H,2-3,8-11H2,1H3,(H,18,21). The zero-order valence-electron chi connectivity index (χ0n) is 12.7. The predicted octanol–water partition coefficient (Wildman–Crippen LogP) is 1.52. The first kappa shape index (κ1) is 14.6. The molecule has 6 nitrogen and oxygen atoms in total. The summed E-state index contributed by atoms with van der Waals surface area (Å²) in [5, 5.41) is 3.86. The molecule has 0 bridgehead atoms. The van der Waals surface area contributed by atoms with Gasteiger partial charge in [-0.2, -0.15) is 5.10 Å². The van der Waals surface area contributed by atoms with Gasteiger partial charge in [-0.15, -0.1) is 0 Å². The van der Waals surface area contributed by atoms with Crippen molar-refractivity contribution in [1.82, 2.24) is 5.43 Å². The van der Waals surface area contributed by atoms with Crippen LogP contribution in [-0.2, 0) is 9.59 Å². The Labute approximate surface area is 129 Å². The molecule has 0 saturated carbocycles. The van der Waals surface area contributed by atoms with Gasteiger partial charge in [0, 0.05) is 44.4 Å². The van der Waals surface area contributed by atoms with E-state index in [-0.39, 0.29) is 11.8 Å². The van der Waals surface area contributed by atoms with Crippen molar-refractivity contribution in [3.63, 3.8) is 0 Å². The molecular formula is C16H20N4O2. The molecule has 0 aliphatic carbocycles. The van der Waals surface area contributed by atoms with E-state index in [1.54, 1.807) is 11.9 Å². The lowest BCUT2D eigenvalue weighted by atomic mass is 10.1. The normalized spacial score (nSPS) is 18.0. The van der Waals surface area contributed by atoms with E-state index < -0.39 is 0 Å². The highest BCUT2D eigenvalue weighted by Crippen LogP contribution is 2.23. The topological polar surface area (TPSA) is 65.0 Å². The van der Waals surface area contributed by atoms with Crippen molar-refractivity contribution >= 4 is 28.9 Å². The number of carbonyl (C=O) groups excluding carboxylic acids is 2. The summed E-state index contributed by atoms with van der Waals surface area (Å²) in [6.07, 6.45) is 3.19. The number of nitrogens with zero attached hydrogens (tertiary/aromatic N) is 3. The molecule has 2 heterocycles. The van der Waals surface area contributed by atoms with Gasteiger partial charge in [0.15, 0.2) is 0 Å². The molecule has 0 aromatic heterocycles. The van der Waals surface area contributed by atoms with Gasteiger partial charge in [-0.25, -0.2) is 5.43 Å². The summed E-state index contributed by atoms with van der Waals surface area (Å²) in [6, 6.07) is 8.00. The van der Waals surface area contributed by atoms with Crippen LogP contribution in [0.2, 0.25) is 0 Å². The minimum absolute atomic E-state index is 0.144. The minimum Gasteiger partial charge on any atom is -0.372 e. The van der Waals surface area contributed by atoms with Gasteiger partial charge in [-0.3, -0.25) is 9.59 Å². The van der Waals surface area contributed by atoms with Crippen molar-refractivity contribution in [2.45, 2.75) is 25.7 Å². The van der Waals surface area contributed by atoms with Gasteiger partial charge in [-0.1, -0.05) is 0 Å². The molecule has 1 saturated heterocycles. The Balaban J connectivity index is 1.70. The highest BCUT2D eigenvalue weighted by molar-refractivity contribution is 6.44. The fraction of sp³-hybridized carbons (Fsp3) is 0.438. The average Bonchev–Trinajstić information content (AvgIpc) is 3.09. The van der Waals surface area contributed by atoms with Crippen LogP contribution in [-0.4, -0.2) is 37.7 Å². The van der Waals surface area contributed by atoms with Crippen molar-refractivity contribution in [2.75, 3.05) is 29.9 Å². The lowest BCUT2D eigenvalue weighted by molar-refractivity contribution is -0.121. The highest BCUT2D eigenvalue weighted by Gasteiger charge is 2.22. The second-order valence-corrected chi connectivity index (χ2v) is 5.67. The van der Waals surface area contributed by atoms with E-state index in [9.17, 15) is 9.59 Å². The van der Waals surface area contributed by atoms with E-state index in [0.717, 1.165) is 18.8 Å². The van der Waals surface area contributed by atoms with Crippen molar-refractivity contribution in [3.8, 4) is 0 Å². The molecule has 2 aliphatic heterocycles. The van der Waals surface area contributed by atoms with Crippen molar-refractivity contribution < 1.29 is 9.59 Å². The highest BCUT2D eigenvalue weighted by atomic mass is 16.2. The number of rotatable bonds is 3. The number of anilines is 2. The Morgan fingerprint density at radius 3 is 2.45 bits per heavy atom.